The van der Waals surface area contributed by atoms with E-state index < -0.39 is 0 Å². The Balaban J connectivity index is 1.91. The molecule has 0 fully saturated rings. The van der Waals surface area contributed by atoms with E-state index >= 15 is 0 Å². The largest absolute Gasteiger partial charge is 0.497 e. The van der Waals surface area contributed by atoms with E-state index in [0.29, 0.717) is 17.1 Å². The number of methoxy groups -OCH3 is 3. The number of anilines is 1. The van der Waals surface area contributed by atoms with Crippen molar-refractivity contribution >= 4 is 11.5 Å². The van der Waals surface area contributed by atoms with Crippen LogP contribution in [0.5, 0.6) is 17.2 Å². The second-order valence-corrected chi connectivity index (χ2v) is 7.04. The Bertz CT molecular complexity index is 998. The van der Waals surface area contributed by atoms with Gasteiger partial charge in [-0.05, 0) is 66.6 Å². The van der Waals surface area contributed by atoms with Gasteiger partial charge in [0.1, 0.15) is 5.75 Å². The van der Waals surface area contributed by atoms with Gasteiger partial charge in [0.2, 0.25) is 0 Å². The minimum Gasteiger partial charge on any atom is -0.497 e. The summed E-state index contributed by atoms with van der Waals surface area (Å²) in [6.45, 7) is 2.04. The maximum atomic E-state index is 13.0. The molecule has 0 aliphatic carbocycles. The van der Waals surface area contributed by atoms with Gasteiger partial charge in [-0.2, -0.15) is 0 Å². The van der Waals surface area contributed by atoms with Crippen LogP contribution in [0.4, 0.5) is 5.69 Å². The third-order valence-corrected chi connectivity index (χ3v) is 4.97. The van der Waals surface area contributed by atoms with Crippen LogP contribution in [0.2, 0.25) is 0 Å². The van der Waals surface area contributed by atoms with Crippen molar-refractivity contribution in [2.45, 2.75) is 19.4 Å². The van der Waals surface area contributed by atoms with E-state index in [-0.39, 0.29) is 18.2 Å². The zero-order valence-corrected chi connectivity index (χ0v) is 17.8. The van der Waals surface area contributed by atoms with Crippen molar-refractivity contribution in [3.8, 4) is 17.2 Å². The second kappa shape index (κ2) is 9.83. The molecule has 0 aliphatic heterocycles. The Morgan fingerprint density at radius 3 is 2.23 bits per heavy atom. The summed E-state index contributed by atoms with van der Waals surface area (Å²) in [4.78, 5) is 13.0. The fourth-order valence-electron chi connectivity index (χ4n) is 3.34. The first-order valence-corrected chi connectivity index (χ1v) is 9.76. The molecule has 0 aromatic heterocycles. The molecular weight excluding hydrogens is 378 g/mol. The average Bonchev–Trinajstić information content (AvgIpc) is 2.78. The fraction of sp³-hybridized carbons (Fsp3) is 0.240. The molecule has 0 aliphatic rings. The maximum Gasteiger partial charge on any atom is 0.165 e. The third-order valence-electron chi connectivity index (χ3n) is 4.97. The molecule has 1 N–H and O–H groups in total. The number of ether oxygens (including phenoxy) is 3. The van der Waals surface area contributed by atoms with Crippen LogP contribution in [0, 0.1) is 6.92 Å². The zero-order chi connectivity index (χ0) is 21.5. The van der Waals surface area contributed by atoms with Gasteiger partial charge in [0.25, 0.3) is 0 Å². The molecule has 0 spiro atoms. The van der Waals surface area contributed by atoms with Crippen molar-refractivity contribution in [1.29, 1.82) is 0 Å². The molecule has 0 bridgehead atoms. The van der Waals surface area contributed by atoms with Crippen LogP contribution in [-0.4, -0.2) is 27.1 Å². The molecule has 3 aromatic rings. The Labute approximate surface area is 177 Å². The molecular formula is C25H27NO4. The highest BCUT2D eigenvalue weighted by Crippen LogP contribution is 2.33. The van der Waals surface area contributed by atoms with Crippen molar-refractivity contribution in [3.63, 3.8) is 0 Å². The minimum atomic E-state index is -0.235. The fourth-order valence-corrected chi connectivity index (χ4v) is 3.34. The van der Waals surface area contributed by atoms with Gasteiger partial charge in [0.05, 0.1) is 27.4 Å². The number of aryl methyl sites for hydroxylation is 1. The van der Waals surface area contributed by atoms with Crippen LogP contribution in [0.1, 0.15) is 33.9 Å². The first kappa shape index (κ1) is 21.2. The lowest BCUT2D eigenvalue weighted by molar-refractivity contribution is 0.0976. The Hall–Kier alpha value is -3.47. The van der Waals surface area contributed by atoms with Crippen LogP contribution in [-0.2, 0) is 0 Å². The average molecular weight is 405 g/mol. The Morgan fingerprint density at radius 2 is 1.60 bits per heavy atom. The van der Waals surface area contributed by atoms with E-state index in [1.54, 1.807) is 45.6 Å². The third kappa shape index (κ3) is 5.11. The molecule has 1 unspecified atom stereocenters. The van der Waals surface area contributed by atoms with Gasteiger partial charge in [0, 0.05) is 17.7 Å². The molecule has 30 heavy (non-hydrogen) atoms. The maximum absolute atomic E-state index is 13.0. The van der Waals surface area contributed by atoms with E-state index in [1.807, 2.05) is 43.3 Å². The molecule has 0 amide bonds. The standard InChI is InChI=1S/C25H27NO4/c1-17-6-5-7-20(14-17)26-22(19-10-13-24(29-3)25(15-19)30-4)16-23(27)18-8-11-21(28-2)12-9-18/h5-15,22,26H,16H2,1-4H3. The number of benzene rings is 3. The minimum absolute atomic E-state index is 0.0394. The predicted octanol–water partition coefficient (Wildman–Crippen LogP) is 5.45. The highest BCUT2D eigenvalue weighted by atomic mass is 16.5. The van der Waals surface area contributed by atoms with Crippen LogP contribution >= 0.6 is 0 Å². The Kier molecular flexibility index (Phi) is 6.96. The molecule has 0 heterocycles. The van der Waals surface area contributed by atoms with Gasteiger partial charge >= 0.3 is 0 Å². The molecule has 3 aromatic carbocycles. The highest BCUT2D eigenvalue weighted by Gasteiger charge is 2.19. The number of hydrogen-bond donors (Lipinski definition) is 1. The lowest BCUT2D eigenvalue weighted by Crippen LogP contribution is -2.16. The van der Waals surface area contributed by atoms with E-state index in [4.69, 9.17) is 14.2 Å². The second-order valence-electron chi connectivity index (χ2n) is 7.04. The topological polar surface area (TPSA) is 56.8 Å². The lowest BCUT2D eigenvalue weighted by atomic mass is 9.97. The number of nitrogens with one attached hydrogen (secondary N) is 1. The number of ketones is 1. The molecule has 0 saturated carbocycles. The zero-order valence-electron chi connectivity index (χ0n) is 17.8. The van der Waals surface area contributed by atoms with Crippen LogP contribution in [0.25, 0.3) is 0 Å². The van der Waals surface area contributed by atoms with Gasteiger partial charge in [-0.3, -0.25) is 4.79 Å². The molecule has 0 saturated heterocycles. The van der Waals surface area contributed by atoms with Crippen molar-refractivity contribution in [1.82, 2.24) is 0 Å². The first-order chi connectivity index (χ1) is 14.5. The van der Waals surface area contributed by atoms with Gasteiger partial charge in [-0.1, -0.05) is 18.2 Å². The van der Waals surface area contributed by atoms with Gasteiger partial charge in [-0.15, -0.1) is 0 Å². The molecule has 3 rings (SSSR count). The molecule has 5 heteroatoms. The van der Waals surface area contributed by atoms with Crippen molar-refractivity contribution in [2.24, 2.45) is 0 Å². The first-order valence-electron chi connectivity index (χ1n) is 9.76. The van der Waals surface area contributed by atoms with E-state index in [9.17, 15) is 4.79 Å². The summed E-state index contributed by atoms with van der Waals surface area (Å²) in [5, 5.41) is 3.51. The van der Waals surface area contributed by atoms with Gasteiger partial charge < -0.3 is 19.5 Å². The normalized spacial score (nSPS) is 11.5. The van der Waals surface area contributed by atoms with Crippen LogP contribution in [0.15, 0.2) is 66.7 Å². The summed E-state index contributed by atoms with van der Waals surface area (Å²) in [6, 6.07) is 20.8. The molecule has 0 radical (unpaired) electrons. The number of carbonyl (C=O) groups is 1. The summed E-state index contributed by atoms with van der Waals surface area (Å²) >= 11 is 0. The van der Waals surface area contributed by atoms with E-state index in [2.05, 4.69) is 11.4 Å². The number of carbonyl (C=O) groups excluding carboxylic acids is 1. The van der Waals surface area contributed by atoms with Gasteiger partial charge in [-0.25, -0.2) is 0 Å². The molecule has 156 valence electrons. The number of hydrogen-bond acceptors (Lipinski definition) is 5. The SMILES string of the molecule is COc1ccc(C(=O)CC(Nc2cccc(C)c2)c2ccc(OC)c(OC)c2)cc1. The summed E-state index contributed by atoms with van der Waals surface area (Å²) in [6.07, 6.45) is 0.287. The monoisotopic (exact) mass is 405 g/mol. The quantitative estimate of drug-likeness (QED) is 0.480. The smallest absolute Gasteiger partial charge is 0.165 e. The number of rotatable bonds is 9. The van der Waals surface area contributed by atoms with Crippen LogP contribution in [0.3, 0.4) is 0 Å². The summed E-state index contributed by atoms with van der Waals surface area (Å²) in [7, 11) is 4.82. The summed E-state index contributed by atoms with van der Waals surface area (Å²) in [5.74, 6) is 2.04. The highest BCUT2D eigenvalue weighted by molar-refractivity contribution is 5.96. The van der Waals surface area contributed by atoms with E-state index in [0.717, 1.165) is 22.6 Å². The Morgan fingerprint density at radius 1 is 0.867 bits per heavy atom. The van der Waals surface area contributed by atoms with Gasteiger partial charge in [0.15, 0.2) is 17.3 Å². The van der Waals surface area contributed by atoms with Crippen molar-refractivity contribution in [3.05, 3.63) is 83.4 Å². The number of Topliss-reactive ketones (excluding diaryl/α,β-unsaturated/α-hetero) is 1. The predicted molar refractivity (Wildman–Crippen MR) is 119 cm³/mol. The van der Waals surface area contributed by atoms with Crippen molar-refractivity contribution < 1.29 is 19.0 Å². The van der Waals surface area contributed by atoms with E-state index in [1.165, 1.54) is 0 Å². The van der Waals surface area contributed by atoms with Crippen molar-refractivity contribution in [2.75, 3.05) is 26.6 Å². The molecule has 5 nitrogen and oxygen atoms in total. The molecule has 1 atom stereocenters. The summed E-state index contributed by atoms with van der Waals surface area (Å²) in [5.41, 5.74) is 3.69. The lowest BCUT2D eigenvalue weighted by Gasteiger charge is -2.21. The van der Waals surface area contributed by atoms with Crippen LogP contribution < -0.4 is 19.5 Å². The summed E-state index contributed by atoms with van der Waals surface area (Å²) < 4.78 is 16.0.